The number of carboxylic acids is 1. The van der Waals surface area contributed by atoms with Crippen LogP contribution in [0.5, 0.6) is 0 Å². The van der Waals surface area contributed by atoms with Crippen LogP contribution < -0.4 is 5.32 Å². The lowest BCUT2D eigenvalue weighted by Gasteiger charge is -2.20. The number of nitrogens with one attached hydrogen (secondary N) is 1. The molecule has 0 aliphatic carbocycles. The van der Waals surface area contributed by atoms with Gasteiger partial charge in [0.2, 0.25) is 10.0 Å². The normalized spacial score (nSPS) is 13.6. The second-order valence-corrected chi connectivity index (χ2v) is 10.4. The molecule has 3 aromatic rings. The van der Waals surface area contributed by atoms with Gasteiger partial charge in [-0.25, -0.2) is 8.42 Å². The number of rotatable bonds is 8. The number of benzene rings is 2. The lowest BCUT2D eigenvalue weighted by molar-refractivity contribution is -0.137. The van der Waals surface area contributed by atoms with E-state index in [1.165, 1.54) is 4.31 Å². The fourth-order valence-electron chi connectivity index (χ4n) is 4.52. The molecule has 2 N–H and O–H groups in total. The Balaban J connectivity index is 1.74. The van der Waals surface area contributed by atoms with Gasteiger partial charge in [0, 0.05) is 44.4 Å². The molecular weight excluding hydrogens is 454 g/mol. The summed E-state index contributed by atoms with van der Waals surface area (Å²) in [6, 6.07) is 16.1. The summed E-state index contributed by atoms with van der Waals surface area (Å²) >= 11 is 0. The van der Waals surface area contributed by atoms with Gasteiger partial charge in [-0.15, -0.1) is 0 Å². The van der Waals surface area contributed by atoms with Gasteiger partial charge in [-0.3, -0.25) is 9.59 Å². The Kier molecular flexibility index (Phi) is 6.58. The van der Waals surface area contributed by atoms with Crippen LogP contribution in [-0.2, 0) is 40.7 Å². The SMILES string of the molecule is Cc1c(Cc2ccccc2S(=O)(=O)N(C)Cc2ccccc2)c2c(n1CC(=O)O)CCNC2=O. The first kappa shape index (κ1) is 23.7. The fraction of sp³-hybridized carbons (Fsp3) is 0.280. The number of aliphatic carboxylic acids is 1. The molecule has 1 aromatic heterocycles. The highest BCUT2D eigenvalue weighted by Crippen LogP contribution is 2.30. The minimum Gasteiger partial charge on any atom is -0.480 e. The van der Waals surface area contributed by atoms with Crippen molar-refractivity contribution in [1.82, 2.24) is 14.2 Å². The van der Waals surface area contributed by atoms with E-state index in [9.17, 15) is 23.1 Å². The highest BCUT2D eigenvalue weighted by Gasteiger charge is 2.30. The molecule has 2 heterocycles. The molecule has 0 saturated heterocycles. The molecule has 0 atom stereocenters. The molecule has 0 spiro atoms. The molecular formula is C25H27N3O5S. The Morgan fingerprint density at radius 2 is 1.79 bits per heavy atom. The molecule has 0 unspecified atom stereocenters. The molecule has 0 saturated carbocycles. The number of carbonyl (C=O) groups is 2. The molecule has 1 amide bonds. The zero-order valence-electron chi connectivity index (χ0n) is 19.1. The summed E-state index contributed by atoms with van der Waals surface area (Å²) in [7, 11) is -2.27. The summed E-state index contributed by atoms with van der Waals surface area (Å²) in [6.07, 6.45) is 0.720. The molecule has 1 aliphatic heterocycles. The van der Waals surface area contributed by atoms with E-state index in [0.717, 1.165) is 5.56 Å². The molecule has 1 aliphatic rings. The second-order valence-electron chi connectivity index (χ2n) is 8.40. The van der Waals surface area contributed by atoms with E-state index in [1.54, 1.807) is 42.8 Å². The van der Waals surface area contributed by atoms with Gasteiger partial charge in [0.15, 0.2) is 0 Å². The van der Waals surface area contributed by atoms with Gasteiger partial charge in [-0.1, -0.05) is 48.5 Å². The summed E-state index contributed by atoms with van der Waals surface area (Å²) in [4.78, 5) is 24.4. The summed E-state index contributed by atoms with van der Waals surface area (Å²) in [5.41, 5.74) is 3.88. The van der Waals surface area contributed by atoms with Crippen molar-refractivity contribution in [2.75, 3.05) is 13.6 Å². The molecule has 34 heavy (non-hydrogen) atoms. The van der Waals surface area contributed by atoms with Crippen LogP contribution in [0.15, 0.2) is 59.5 Å². The van der Waals surface area contributed by atoms with Crippen LogP contribution in [0.2, 0.25) is 0 Å². The first-order valence-corrected chi connectivity index (χ1v) is 12.4. The number of nitrogens with zero attached hydrogens (tertiary/aromatic N) is 2. The van der Waals surface area contributed by atoms with Crippen molar-refractivity contribution in [2.45, 2.75) is 37.8 Å². The van der Waals surface area contributed by atoms with Crippen LogP contribution in [-0.4, -0.2) is 47.9 Å². The van der Waals surface area contributed by atoms with E-state index in [1.807, 2.05) is 30.3 Å². The first-order chi connectivity index (χ1) is 16.2. The number of fused-ring (bicyclic) bond motifs is 1. The van der Waals surface area contributed by atoms with Gasteiger partial charge < -0.3 is 15.0 Å². The van der Waals surface area contributed by atoms with E-state index >= 15 is 0 Å². The third kappa shape index (κ3) is 4.49. The predicted molar refractivity (Wildman–Crippen MR) is 127 cm³/mol. The molecule has 0 fully saturated rings. The van der Waals surface area contributed by atoms with Crippen molar-refractivity contribution in [3.63, 3.8) is 0 Å². The lowest BCUT2D eigenvalue weighted by Crippen LogP contribution is -2.33. The van der Waals surface area contributed by atoms with E-state index < -0.39 is 16.0 Å². The topological polar surface area (TPSA) is 109 Å². The average molecular weight is 482 g/mol. The molecule has 0 bridgehead atoms. The average Bonchev–Trinajstić information content (AvgIpc) is 3.06. The second kappa shape index (κ2) is 9.44. The molecule has 2 aromatic carbocycles. The third-order valence-corrected chi connectivity index (χ3v) is 8.11. The van der Waals surface area contributed by atoms with Crippen LogP contribution >= 0.6 is 0 Å². The Hall–Kier alpha value is -3.43. The van der Waals surface area contributed by atoms with Gasteiger partial charge in [0.05, 0.1) is 10.5 Å². The first-order valence-electron chi connectivity index (χ1n) is 11.0. The summed E-state index contributed by atoms with van der Waals surface area (Å²) < 4.78 is 30.0. The Labute approximate surface area is 198 Å². The number of amides is 1. The number of carboxylic acid groups (broad SMARTS) is 1. The smallest absolute Gasteiger partial charge is 0.323 e. The van der Waals surface area contributed by atoms with Gasteiger partial charge in [0.1, 0.15) is 6.54 Å². The van der Waals surface area contributed by atoms with E-state index in [4.69, 9.17) is 0 Å². The van der Waals surface area contributed by atoms with Crippen LogP contribution in [0.3, 0.4) is 0 Å². The fourth-order valence-corrected chi connectivity index (χ4v) is 5.89. The van der Waals surface area contributed by atoms with Crippen molar-refractivity contribution < 1.29 is 23.1 Å². The highest BCUT2D eigenvalue weighted by molar-refractivity contribution is 7.89. The zero-order valence-corrected chi connectivity index (χ0v) is 19.9. The maximum Gasteiger partial charge on any atom is 0.323 e. The standard InChI is InChI=1S/C25H27N3O5S/c1-17-20(24-21(12-13-26-25(24)31)28(17)16-23(29)30)14-19-10-6-7-11-22(19)34(32,33)27(2)15-18-8-4-3-5-9-18/h3-11H,12-16H2,1-2H3,(H,26,31)(H,29,30). The molecule has 8 nitrogen and oxygen atoms in total. The molecule has 4 rings (SSSR count). The van der Waals surface area contributed by atoms with E-state index in [0.29, 0.717) is 41.0 Å². The van der Waals surface area contributed by atoms with Crippen molar-refractivity contribution in [3.05, 3.63) is 88.2 Å². The molecule has 9 heteroatoms. The zero-order chi connectivity index (χ0) is 24.5. The monoisotopic (exact) mass is 481 g/mol. The minimum absolute atomic E-state index is 0.170. The van der Waals surface area contributed by atoms with Crippen LogP contribution in [0.1, 0.15) is 38.4 Å². The maximum atomic E-state index is 13.5. The Morgan fingerprint density at radius 3 is 2.50 bits per heavy atom. The maximum absolute atomic E-state index is 13.5. The Morgan fingerprint density at radius 1 is 1.12 bits per heavy atom. The predicted octanol–water partition coefficient (Wildman–Crippen LogP) is 2.58. The number of carbonyl (C=O) groups excluding carboxylic acids is 1. The highest BCUT2D eigenvalue weighted by atomic mass is 32.2. The van der Waals surface area contributed by atoms with Crippen molar-refractivity contribution >= 4 is 21.9 Å². The summed E-state index contributed by atoms with van der Waals surface area (Å²) in [5, 5.41) is 12.2. The third-order valence-electron chi connectivity index (χ3n) is 6.20. The van der Waals surface area contributed by atoms with E-state index in [2.05, 4.69) is 5.32 Å². The van der Waals surface area contributed by atoms with Gasteiger partial charge >= 0.3 is 5.97 Å². The summed E-state index contributed by atoms with van der Waals surface area (Å²) in [6.45, 7) is 2.19. The largest absolute Gasteiger partial charge is 0.480 e. The summed E-state index contributed by atoms with van der Waals surface area (Å²) in [5.74, 6) is -1.26. The van der Waals surface area contributed by atoms with Gasteiger partial charge in [-0.2, -0.15) is 4.31 Å². The Bertz CT molecular complexity index is 1350. The van der Waals surface area contributed by atoms with E-state index in [-0.39, 0.29) is 30.3 Å². The van der Waals surface area contributed by atoms with Crippen LogP contribution in [0.25, 0.3) is 0 Å². The van der Waals surface area contributed by atoms with Crippen molar-refractivity contribution in [2.24, 2.45) is 0 Å². The quantitative estimate of drug-likeness (QED) is 0.514. The lowest BCUT2D eigenvalue weighted by atomic mass is 9.97. The minimum atomic E-state index is -3.82. The van der Waals surface area contributed by atoms with Crippen LogP contribution in [0, 0.1) is 6.92 Å². The van der Waals surface area contributed by atoms with Crippen LogP contribution in [0.4, 0.5) is 0 Å². The molecule has 178 valence electrons. The number of hydrogen-bond acceptors (Lipinski definition) is 4. The van der Waals surface area contributed by atoms with Crippen molar-refractivity contribution in [3.8, 4) is 0 Å². The number of aromatic nitrogens is 1. The molecule has 0 radical (unpaired) electrons. The van der Waals surface area contributed by atoms with Gasteiger partial charge in [0.25, 0.3) is 5.91 Å². The van der Waals surface area contributed by atoms with Crippen molar-refractivity contribution in [1.29, 1.82) is 0 Å². The number of sulfonamides is 1. The van der Waals surface area contributed by atoms with Gasteiger partial charge in [-0.05, 0) is 29.7 Å². The number of hydrogen-bond donors (Lipinski definition) is 2.